The molecule has 140 valence electrons. The molecular formula is C23H27N3O. The fourth-order valence-electron chi connectivity index (χ4n) is 3.37. The number of nitrogens with zero attached hydrogens (tertiary/aromatic N) is 3. The van der Waals surface area contributed by atoms with Crippen LogP contribution in [-0.2, 0) is 13.1 Å². The summed E-state index contributed by atoms with van der Waals surface area (Å²) in [6, 6.07) is 14.1. The number of benzene rings is 1. The minimum atomic E-state index is 0.0546. The fraction of sp³-hybridized carbons (Fsp3) is 0.304. The molecule has 0 saturated heterocycles. The van der Waals surface area contributed by atoms with E-state index in [-0.39, 0.29) is 5.56 Å². The normalized spacial score (nSPS) is 11.3. The number of aromatic nitrogens is 2. The van der Waals surface area contributed by atoms with Crippen molar-refractivity contribution >= 4 is 10.9 Å². The van der Waals surface area contributed by atoms with Gasteiger partial charge in [-0.3, -0.25) is 14.7 Å². The molecule has 0 radical (unpaired) electrons. The van der Waals surface area contributed by atoms with Crippen molar-refractivity contribution in [3.8, 4) is 0 Å². The Bertz CT molecular complexity index is 1010. The Morgan fingerprint density at radius 2 is 2.04 bits per heavy atom. The van der Waals surface area contributed by atoms with Crippen LogP contribution in [-0.4, -0.2) is 27.5 Å². The molecule has 0 bridgehead atoms. The molecule has 3 aromatic rings. The Labute approximate surface area is 160 Å². The van der Waals surface area contributed by atoms with Crippen LogP contribution in [0, 0.1) is 6.92 Å². The van der Waals surface area contributed by atoms with E-state index in [1.54, 1.807) is 6.20 Å². The molecule has 0 saturated carbocycles. The first-order valence-corrected chi connectivity index (χ1v) is 9.37. The van der Waals surface area contributed by atoms with E-state index in [1.807, 2.05) is 35.8 Å². The van der Waals surface area contributed by atoms with Crippen molar-refractivity contribution in [3.63, 3.8) is 0 Å². The van der Waals surface area contributed by atoms with E-state index in [0.29, 0.717) is 13.1 Å². The van der Waals surface area contributed by atoms with Crippen LogP contribution in [0.3, 0.4) is 0 Å². The monoisotopic (exact) mass is 361 g/mol. The second-order valence-electron chi connectivity index (χ2n) is 7.20. The zero-order chi connectivity index (χ0) is 19.4. The maximum atomic E-state index is 13.3. The van der Waals surface area contributed by atoms with E-state index in [2.05, 4.69) is 48.5 Å². The molecule has 0 N–H and O–H groups in total. The SMILES string of the molecule is C=C(C)CN(CC)Cc1cc2ccc(C)cc2n(Cc2ccccn2)c1=O. The Kier molecular flexibility index (Phi) is 5.87. The van der Waals surface area contributed by atoms with Crippen molar-refractivity contribution in [3.05, 3.63) is 88.0 Å². The molecule has 0 unspecified atom stereocenters. The third-order valence-electron chi connectivity index (χ3n) is 4.71. The summed E-state index contributed by atoms with van der Waals surface area (Å²) in [7, 11) is 0. The topological polar surface area (TPSA) is 38.1 Å². The zero-order valence-corrected chi connectivity index (χ0v) is 16.4. The molecule has 4 nitrogen and oxygen atoms in total. The lowest BCUT2D eigenvalue weighted by Gasteiger charge is -2.21. The van der Waals surface area contributed by atoms with E-state index < -0.39 is 0 Å². The first kappa shape index (κ1) is 19.1. The highest BCUT2D eigenvalue weighted by Gasteiger charge is 2.13. The van der Waals surface area contributed by atoms with Crippen molar-refractivity contribution in [1.82, 2.24) is 14.5 Å². The maximum Gasteiger partial charge on any atom is 0.255 e. The molecule has 0 aliphatic carbocycles. The predicted molar refractivity (Wildman–Crippen MR) is 112 cm³/mol. The van der Waals surface area contributed by atoms with Crippen LogP contribution < -0.4 is 5.56 Å². The largest absolute Gasteiger partial charge is 0.302 e. The predicted octanol–water partition coefficient (Wildman–Crippen LogP) is 4.15. The summed E-state index contributed by atoms with van der Waals surface area (Å²) in [6.07, 6.45) is 1.77. The van der Waals surface area contributed by atoms with Crippen LogP contribution in [0.25, 0.3) is 10.9 Å². The van der Waals surface area contributed by atoms with Crippen LogP contribution in [0.5, 0.6) is 0 Å². The summed E-state index contributed by atoms with van der Waals surface area (Å²) < 4.78 is 1.86. The van der Waals surface area contributed by atoms with Crippen LogP contribution in [0.1, 0.15) is 30.7 Å². The van der Waals surface area contributed by atoms with Gasteiger partial charge in [0.15, 0.2) is 0 Å². The number of likely N-dealkylation sites (N-methyl/N-ethyl adjacent to an activating group) is 1. The summed E-state index contributed by atoms with van der Waals surface area (Å²) in [6.45, 7) is 12.9. The Balaban J connectivity index is 2.10. The summed E-state index contributed by atoms with van der Waals surface area (Å²) in [5.41, 5.74) is 4.94. The minimum absolute atomic E-state index is 0.0546. The third-order valence-corrected chi connectivity index (χ3v) is 4.71. The van der Waals surface area contributed by atoms with Gasteiger partial charge < -0.3 is 4.57 Å². The number of fused-ring (bicyclic) bond motifs is 1. The molecule has 2 aromatic heterocycles. The van der Waals surface area contributed by atoms with Crippen LogP contribution in [0.4, 0.5) is 0 Å². The molecule has 0 aliphatic rings. The van der Waals surface area contributed by atoms with Crippen LogP contribution >= 0.6 is 0 Å². The molecule has 0 amide bonds. The first-order chi connectivity index (χ1) is 13.0. The molecule has 0 aliphatic heterocycles. The fourth-order valence-corrected chi connectivity index (χ4v) is 3.37. The van der Waals surface area contributed by atoms with Gasteiger partial charge in [-0.25, -0.2) is 0 Å². The Morgan fingerprint density at radius 1 is 1.22 bits per heavy atom. The average molecular weight is 361 g/mol. The highest BCUT2D eigenvalue weighted by Crippen LogP contribution is 2.18. The molecule has 0 spiro atoms. The summed E-state index contributed by atoms with van der Waals surface area (Å²) in [5.74, 6) is 0. The van der Waals surface area contributed by atoms with Gasteiger partial charge in [0.1, 0.15) is 0 Å². The standard InChI is InChI=1S/C23H27N3O/c1-5-25(14-17(2)3)15-20-13-19-10-9-18(4)12-22(19)26(23(20)27)16-21-8-6-7-11-24-21/h6-13H,2,5,14-16H2,1,3-4H3. The second-order valence-corrected chi connectivity index (χ2v) is 7.20. The molecule has 2 heterocycles. The lowest BCUT2D eigenvalue weighted by atomic mass is 10.1. The average Bonchev–Trinajstić information content (AvgIpc) is 2.65. The summed E-state index contributed by atoms with van der Waals surface area (Å²) in [5, 5.41) is 1.08. The molecule has 4 heteroatoms. The van der Waals surface area contributed by atoms with Crippen molar-refractivity contribution < 1.29 is 0 Å². The smallest absolute Gasteiger partial charge is 0.255 e. The van der Waals surface area contributed by atoms with Crippen molar-refractivity contribution in [2.45, 2.75) is 33.9 Å². The quantitative estimate of drug-likeness (QED) is 0.593. The number of hydrogen-bond donors (Lipinski definition) is 0. The van der Waals surface area contributed by atoms with Gasteiger partial charge in [-0.2, -0.15) is 0 Å². The minimum Gasteiger partial charge on any atom is -0.302 e. The third kappa shape index (κ3) is 4.52. The van der Waals surface area contributed by atoms with E-state index >= 15 is 0 Å². The molecular weight excluding hydrogens is 334 g/mol. The zero-order valence-electron chi connectivity index (χ0n) is 16.4. The Morgan fingerprint density at radius 3 is 2.70 bits per heavy atom. The Hall–Kier alpha value is -2.72. The first-order valence-electron chi connectivity index (χ1n) is 9.37. The number of aryl methyl sites for hydroxylation is 1. The molecule has 0 atom stereocenters. The lowest BCUT2D eigenvalue weighted by molar-refractivity contribution is 0.303. The number of hydrogen-bond acceptors (Lipinski definition) is 3. The number of rotatable bonds is 7. The highest BCUT2D eigenvalue weighted by molar-refractivity contribution is 5.80. The highest BCUT2D eigenvalue weighted by atomic mass is 16.1. The number of pyridine rings is 2. The van der Waals surface area contributed by atoms with Gasteiger partial charge in [-0.05, 0) is 55.6 Å². The maximum absolute atomic E-state index is 13.3. The van der Waals surface area contributed by atoms with Gasteiger partial charge in [0.25, 0.3) is 5.56 Å². The van der Waals surface area contributed by atoms with Gasteiger partial charge in [-0.1, -0.05) is 37.3 Å². The molecule has 3 rings (SSSR count). The van der Waals surface area contributed by atoms with E-state index in [1.165, 1.54) is 0 Å². The van der Waals surface area contributed by atoms with Crippen LogP contribution in [0.2, 0.25) is 0 Å². The van der Waals surface area contributed by atoms with E-state index in [9.17, 15) is 4.79 Å². The summed E-state index contributed by atoms with van der Waals surface area (Å²) >= 11 is 0. The van der Waals surface area contributed by atoms with Gasteiger partial charge >= 0.3 is 0 Å². The van der Waals surface area contributed by atoms with Gasteiger partial charge in [0, 0.05) is 24.8 Å². The molecule has 27 heavy (non-hydrogen) atoms. The second kappa shape index (κ2) is 8.31. The van der Waals surface area contributed by atoms with Crippen molar-refractivity contribution in [1.29, 1.82) is 0 Å². The molecule has 1 aromatic carbocycles. The van der Waals surface area contributed by atoms with Gasteiger partial charge in [0.2, 0.25) is 0 Å². The van der Waals surface area contributed by atoms with Crippen molar-refractivity contribution in [2.24, 2.45) is 0 Å². The molecule has 0 fully saturated rings. The van der Waals surface area contributed by atoms with Gasteiger partial charge in [0.05, 0.1) is 17.8 Å². The summed E-state index contributed by atoms with van der Waals surface area (Å²) in [4.78, 5) is 20.0. The lowest BCUT2D eigenvalue weighted by Crippen LogP contribution is -2.31. The van der Waals surface area contributed by atoms with Gasteiger partial charge in [-0.15, -0.1) is 0 Å². The van der Waals surface area contributed by atoms with Crippen molar-refractivity contribution in [2.75, 3.05) is 13.1 Å². The van der Waals surface area contributed by atoms with E-state index in [4.69, 9.17) is 0 Å². The van der Waals surface area contributed by atoms with Crippen LogP contribution in [0.15, 0.2) is 65.6 Å². The van der Waals surface area contributed by atoms with E-state index in [0.717, 1.165) is 46.4 Å².